The first kappa shape index (κ1) is 17.1. The molecule has 0 radical (unpaired) electrons. The fourth-order valence-corrected chi connectivity index (χ4v) is 4.69. The summed E-state index contributed by atoms with van der Waals surface area (Å²) in [4.78, 5) is 14.9. The summed E-state index contributed by atoms with van der Waals surface area (Å²) in [6.45, 7) is 3.64. The van der Waals surface area contributed by atoms with Crippen molar-refractivity contribution in [1.82, 2.24) is 9.47 Å². The van der Waals surface area contributed by atoms with Crippen molar-refractivity contribution in [2.45, 2.75) is 31.7 Å². The highest BCUT2D eigenvalue weighted by Gasteiger charge is 2.42. The number of aryl methyl sites for hydroxylation is 1. The van der Waals surface area contributed by atoms with Crippen molar-refractivity contribution in [2.24, 2.45) is 0 Å². The van der Waals surface area contributed by atoms with E-state index in [9.17, 15) is 4.79 Å². The number of nitrogens with one attached hydrogen (secondary N) is 1. The lowest BCUT2D eigenvalue weighted by Crippen LogP contribution is -2.51. The Morgan fingerprint density at radius 1 is 1.00 bits per heavy atom. The van der Waals surface area contributed by atoms with E-state index >= 15 is 0 Å². The van der Waals surface area contributed by atoms with E-state index in [1.165, 1.54) is 22.6 Å². The number of anilines is 1. The number of hydrogen-bond acceptors (Lipinski definition) is 2. The molecule has 0 aliphatic carbocycles. The van der Waals surface area contributed by atoms with E-state index in [0.29, 0.717) is 6.42 Å². The lowest BCUT2D eigenvalue weighted by atomic mass is 9.82. The zero-order chi connectivity index (χ0) is 19.1. The van der Waals surface area contributed by atoms with Gasteiger partial charge in [-0.25, -0.2) is 0 Å². The van der Waals surface area contributed by atoms with Crippen molar-refractivity contribution in [3.63, 3.8) is 0 Å². The third kappa shape index (κ3) is 2.71. The molecule has 142 valence electrons. The van der Waals surface area contributed by atoms with Gasteiger partial charge in [0, 0.05) is 25.0 Å². The molecule has 2 aliphatic heterocycles. The minimum absolute atomic E-state index is 0.0999. The lowest BCUT2D eigenvalue weighted by molar-refractivity contribution is -0.132. The summed E-state index contributed by atoms with van der Waals surface area (Å²) in [6.07, 6.45) is 4.48. The molecule has 1 N–H and O–H groups in total. The molecule has 0 atom stereocenters. The molecule has 0 unspecified atom stereocenters. The van der Waals surface area contributed by atoms with E-state index in [-0.39, 0.29) is 11.4 Å². The normalized spacial score (nSPS) is 17.0. The van der Waals surface area contributed by atoms with Crippen LogP contribution in [0, 0.1) is 6.92 Å². The van der Waals surface area contributed by atoms with Crippen LogP contribution in [0.25, 0.3) is 5.69 Å². The van der Waals surface area contributed by atoms with Gasteiger partial charge in [-0.2, -0.15) is 0 Å². The van der Waals surface area contributed by atoms with Crippen molar-refractivity contribution >= 4 is 11.6 Å². The zero-order valence-corrected chi connectivity index (χ0v) is 16.2. The predicted molar refractivity (Wildman–Crippen MR) is 112 cm³/mol. The van der Waals surface area contributed by atoms with Crippen molar-refractivity contribution < 1.29 is 4.79 Å². The number of hydrogen-bond donors (Lipinski definition) is 1. The molecule has 1 aromatic heterocycles. The number of rotatable bonds is 2. The molecule has 1 amide bonds. The summed E-state index contributed by atoms with van der Waals surface area (Å²) < 4.78 is 2.30. The van der Waals surface area contributed by atoms with Crippen molar-refractivity contribution in [2.75, 3.05) is 18.4 Å². The van der Waals surface area contributed by atoms with Crippen LogP contribution in [-0.2, 0) is 16.8 Å². The van der Waals surface area contributed by atoms with Crippen molar-refractivity contribution in [3.8, 4) is 5.69 Å². The molecule has 0 bridgehead atoms. The summed E-state index contributed by atoms with van der Waals surface area (Å²) in [7, 11) is 0. The molecule has 2 aliphatic rings. The monoisotopic (exact) mass is 371 g/mol. The summed E-state index contributed by atoms with van der Waals surface area (Å²) in [6, 6.07) is 21.0. The Morgan fingerprint density at radius 2 is 1.75 bits per heavy atom. The van der Waals surface area contributed by atoms with Crippen LogP contribution in [0.4, 0.5) is 5.69 Å². The summed E-state index contributed by atoms with van der Waals surface area (Å²) in [5.74, 6) is 0.232. The quantitative estimate of drug-likeness (QED) is 0.730. The van der Waals surface area contributed by atoms with Gasteiger partial charge in [0.05, 0.1) is 23.3 Å². The number of aromatic nitrogens is 1. The Balaban J connectivity index is 1.35. The molecule has 3 heterocycles. The minimum atomic E-state index is -0.0999. The van der Waals surface area contributed by atoms with E-state index in [4.69, 9.17) is 0 Å². The van der Waals surface area contributed by atoms with Gasteiger partial charge in [0.2, 0.25) is 5.91 Å². The van der Waals surface area contributed by atoms with Crippen LogP contribution in [0.5, 0.6) is 0 Å². The van der Waals surface area contributed by atoms with Gasteiger partial charge in [-0.1, -0.05) is 36.4 Å². The van der Waals surface area contributed by atoms with E-state index in [1.54, 1.807) is 0 Å². The van der Waals surface area contributed by atoms with Crippen molar-refractivity contribution in [3.05, 3.63) is 83.7 Å². The number of para-hydroxylation sites is 2. The number of amides is 1. The number of carbonyl (C=O) groups is 1. The maximum Gasteiger partial charge on any atom is 0.227 e. The largest absolute Gasteiger partial charge is 0.372 e. The molecule has 1 fully saturated rings. The summed E-state index contributed by atoms with van der Waals surface area (Å²) in [5.41, 5.74) is 5.89. The zero-order valence-electron chi connectivity index (χ0n) is 16.2. The number of benzene rings is 2. The van der Waals surface area contributed by atoms with Gasteiger partial charge in [0.15, 0.2) is 0 Å². The van der Waals surface area contributed by atoms with Crippen LogP contribution in [0.15, 0.2) is 66.9 Å². The Morgan fingerprint density at radius 3 is 2.57 bits per heavy atom. The Kier molecular flexibility index (Phi) is 4.00. The molecule has 5 rings (SSSR count). The SMILES string of the molecule is Cc1ccccc1CC(=O)N1CCC2(CC1)Nc1ccccc1-n1cccc12. The number of piperidine rings is 1. The maximum absolute atomic E-state index is 12.9. The molecule has 1 spiro atoms. The smallest absolute Gasteiger partial charge is 0.227 e. The second-order valence-electron chi connectivity index (χ2n) is 7.97. The third-order valence-electron chi connectivity index (χ3n) is 6.35. The van der Waals surface area contributed by atoms with Crippen molar-refractivity contribution in [1.29, 1.82) is 0 Å². The van der Waals surface area contributed by atoms with Crippen LogP contribution in [-0.4, -0.2) is 28.5 Å². The molecule has 2 aromatic carbocycles. The standard InChI is InChI=1S/C24H25N3O/c1-18-7-2-3-8-19(18)17-23(28)26-15-12-24(13-16-26)22-11-6-14-27(22)21-10-5-4-9-20(21)25-24/h2-11,14,25H,12-13,15-17H2,1H3. The molecule has 28 heavy (non-hydrogen) atoms. The second kappa shape index (κ2) is 6.55. The van der Waals surface area contributed by atoms with E-state index in [2.05, 4.69) is 71.5 Å². The van der Waals surface area contributed by atoms with Gasteiger partial charge in [0.1, 0.15) is 0 Å². The number of carbonyl (C=O) groups excluding carboxylic acids is 1. The third-order valence-corrected chi connectivity index (χ3v) is 6.35. The molecular formula is C24H25N3O. The topological polar surface area (TPSA) is 37.3 Å². The molecule has 4 heteroatoms. The van der Waals surface area contributed by atoms with Gasteiger partial charge in [-0.05, 0) is 55.2 Å². The highest BCUT2D eigenvalue weighted by atomic mass is 16.2. The average Bonchev–Trinajstić information content (AvgIpc) is 3.22. The van der Waals surface area contributed by atoms with Crippen LogP contribution in [0.1, 0.15) is 29.7 Å². The summed E-state index contributed by atoms with van der Waals surface area (Å²) >= 11 is 0. The highest BCUT2D eigenvalue weighted by molar-refractivity contribution is 5.79. The number of fused-ring (bicyclic) bond motifs is 4. The molecule has 4 nitrogen and oxygen atoms in total. The average molecular weight is 371 g/mol. The van der Waals surface area contributed by atoms with Gasteiger partial charge in [-0.3, -0.25) is 4.79 Å². The van der Waals surface area contributed by atoms with Crippen LogP contribution in [0.2, 0.25) is 0 Å². The van der Waals surface area contributed by atoms with Gasteiger partial charge in [0.25, 0.3) is 0 Å². The minimum Gasteiger partial charge on any atom is -0.372 e. The molecule has 3 aromatic rings. The van der Waals surface area contributed by atoms with Crippen LogP contribution in [0.3, 0.4) is 0 Å². The van der Waals surface area contributed by atoms with Gasteiger partial charge >= 0.3 is 0 Å². The number of likely N-dealkylation sites (tertiary alicyclic amines) is 1. The van der Waals surface area contributed by atoms with E-state index in [1.807, 2.05) is 17.0 Å². The Labute approximate surface area is 165 Å². The van der Waals surface area contributed by atoms with Crippen LogP contribution < -0.4 is 5.32 Å². The molecule has 0 saturated carbocycles. The van der Waals surface area contributed by atoms with Crippen LogP contribution >= 0.6 is 0 Å². The molecular weight excluding hydrogens is 346 g/mol. The highest BCUT2D eigenvalue weighted by Crippen LogP contribution is 2.43. The fourth-order valence-electron chi connectivity index (χ4n) is 4.69. The number of nitrogens with zero attached hydrogens (tertiary/aromatic N) is 2. The Bertz CT molecular complexity index is 1030. The predicted octanol–water partition coefficient (Wildman–Crippen LogP) is 4.27. The van der Waals surface area contributed by atoms with Gasteiger partial charge < -0.3 is 14.8 Å². The second-order valence-corrected chi connectivity index (χ2v) is 7.97. The molecule has 1 saturated heterocycles. The lowest BCUT2D eigenvalue weighted by Gasteiger charge is -2.46. The Hall–Kier alpha value is -3.01. The van der Waals surface area contributed by atoms with Gasteiger partial charge in [-0.15, -0.1) is 0 Å². The first-order valence-electron chi connectivity index (χ1n) is 10.0. The maximum atomic E-state index is 12.9. The first-order chi connectivity index (χ1) is 13.7. The first-order valence-corrected chi connectivity index (χ1v) is 10.0. The van der Waals surface area contributed by atoms with E-state index in [0.717, 1.165) is 31.5 Å². The fraction of sp³-hybridized carbons (Fsp3) is 0.292. The summed E-state index contributed by atoms with van der Waals surface area (Å²) in [5, 5.41) is 3.81. The van der Waals surface area contributed by atoms with E-state index < -0.39 is 0 Å².